The maximum atomic E-state index is 4.86. The molecule has 3 nitrogen and oxygen atoms in total. The second kappa shape index (κ2) is 9.04. The van der Waals surface area contributed by atoms with Crippen molar-refractivity contribution in [1.29, 1.82) is 0 Å². The van der Waals surface area contributed by atoms with E-state index in [1.54, 1.807) is 0 Å². The standard InChI is InChI=1S/C18H33N3/c1-7-9-17-11-16(13-19-8-2)12-18(20-17)21(6)15(5)10-14(3)4/h11-12,14-15,19H,7-10,13H2,1-6H3. The summed E-state index contributed by atoms with van der Waals surface area (Å²) in [7, 11) is 2.17. The Morgan fingerprint density at radius 1 is 1.19 bits per heavy atom. The number of anilines is 1. The van der Waals surface area contributed by atoms with Gasteiger partial charge in [-0.2, -0.15) is 0 Å². The van der Waals surface area contributed by atoms with Crippen LogP contribution in [0, 0.1) is 5.92 Å². The van der Waals surface area contributed by atoms with Crippen molar-refractivity contribution < 1.29 is 0 Å². The first kappa shape index (κ1) is 18.0. The van der Waals surface area contributed by atoms with Crippen molar-refractivity contribution in [2.24, 2.45) is 5.92 Å². The van der Waals surface area contributed by atoms with E-state index in [1.165, 1.54) is 17.7 Å². The van der Waals surface area contributed by atoms with E-state index in [0.29, 0.717) is 12.0 Å². The van der Waals surface area contributed by atoms with Gasteiger partial charge in [-0.1, -0.05) is 34.1 Å². The smallest absolute Gasteiger partial charge is 0.129 e. The Morgan fingerprint density at radius 2 is 1.90 bits per heavy atom. The maximum absolute atomic E-state index is 4.86. The lowest BCUT2D eigenvalue weighted by Gasteiger charge is -2.28. The molecule has 0 saturated heterocycles. The van der Waals surface area contributed by atoms with Gasteiger partial charge in [0.2, 0.25) is 0 Å². The summed E-state index contributed by atoms with van der Waals surface area (Å²) in [5.41, 5.74) is 2.56. The van der Waals surface area contributed by atoms with Gasteiger partial charge in [0.15, 0.2) is 0 Å². The van der Waals surface area contributed by atoms with Crippen LogP contribution in [0.3, 0.4) is 0 Å². The fourth-order valence-corrected chi connectivity index (χ4v) is 2.64. The van der Waals surface area contributed by atoms with Gasteiger partial charge in [0.1, 0.15) is 5.82 Å². The highest BCUT2D eigenvalue weighted by Gasteiger charge is 2.14. The lowest BCUT2D eigenvalue weighted by Crippen LogP contribution is -2.31. The van der Waals surface area contributed by atoms with Crippen LogP contribution < -0.4 is 10.2 Å². The van der Waals surface area contributed by atoms with Crippen molar-refractivity contribution in [1.82, 2.24) is 10.3 Å². The first-order valence-corrected chi connectivity index (χ1v) is 8.41. The molecule has 1 atom stereocenters. The van der Waals surface area contributed by atoms with Crippen LogP contribution in [-0.4, -0.2) is 24.6 Å². The minimum Gasteiger partial charge on any atom is -0.357 e. The van der Waals surface area contributed by atoms with Crippen LogP contribution in [0.2, 0.25) is 0 Å². The Balaban J connectivity index is 2.94. The minimum atomic E-state index is 0.515. The molecule has 21 heavy (non-hydrogen) atoms. The largest absolute Gasteiger partial charge is 0.357 e. The van der Waals surface area contributed by atoms with E-state index in [4.69, 9.17) is 4.98 Å². The Hall–Kier alpha value is -1.09. The molecule has 1 rings (SSSR count). The van der Waals surface area contributed by atoms with Crippen molar-refractivity contribution in [3.05, 3.63) is 23.4 Å². The van der Waals surface area contributed by atoms with Gasteiger partial charge in [0.05, 0.1) is 0 Å². The van der Waals surface area contributed by atoms with Crippen molar-refractivity contribution in [2.45, 2.75) is 66.5 Å². The second-order valence-electron chi connectivity index (χ2n) is 6.44. The Kier molecular flexibility index (Phi) is 7.73. The first-order chi connectivity index (χ1) is 9.97. The summed E-state index contributed by atoms with van der Waals surface area (Å²) in [4.78, 5) is 7.19. The van der Waals surface area contributed by atoms with Crippen molar-refractivity contribution >= 4 is 5.82 Å². The second-order valence-corrected chi connectivity index (χ2v) is 6.44. The van der Waals surface area contributed by atoms with Gasteiger partial charge in [-0.15, -0.1) is 0 Å². The number of rotatable bonds is 9. The summed E-state index contributed by atoms with van der Waals surface area (Å²) in [6, 6.07) is 5.00. The molecule has 0 radical (unpaired) electrons. The Morgan fingerprint density at radius 3 is 2.48 bits per heavy atom. The van der Waals surface area contributed by atoms with Gasteiger partial charge in [-0.25, -0.2) is 4.98 Å². The van der Waals surface area contributed by atoms with Gasteiger partial charge >= 0.3 is 0 Å². The number of aromatic nitrogens is 1. The zero-order valence-electron chi connectivity index (χ0n) is 14.7. The van der Waals surface area contributed by atoms with Gasteiger partial charge in [-0.3, -0.25) is 0 Å². The lowest BCUT2D eigenvalue weighted by atomic mass is 10.0. The fraction of sp³-hybridized carbons (Fsp3) is 0.722. The zero-order chi connectivity index (χ0) is 15.8. The summed E-state index contributed by atoms with van der Waals surface area (Å²) >= 11 is 0. The summed E-state index contributed by atoms with van der Waals surface area (Å²) < 4.78 is 0. The predicted molar refractivity (Wildman–Crippen MR) is 92.9 cm³/mol. The van der Waals surface area contributed by atoms with E-state index in [0.717, 1.165) is 31.7 Å². The topological polar surface area (TPSA) is 28.2 Å². The van der Waals surface area contributed by atoms with E-state index in [1.807, 2.05) is 0 Å². The number of nitrogens with zero attached hydrogens (tertiary/aromatic N) is 2. The van der Waals surface area contributed by atoms with Gasteiger partial charge in [-0.05, 0) is 49.9 Å². The van der Waals surface area contributed by atoms with Crippen molar-refractivity contribution in [3.63, 3.8) is 0 Å². The third-order valence-electron chi connectivity index (χ3n) is 3.84. The van der Waals surface area contributed by atoms with Gasteiger partial charge in [0.25, 0.3) is 0 Å². The molecular formula is C18H33N3. The maximum Gasteiger partial charge on any atom is 0.129 e. The first-order valence-electron chi connectivity index (χ1n) is 8.41. The molecule has 0 amide bonds. The molecule has 3 heteroatoms. The molecule has 0 spiro atoms. The molecular weight excluding hydrogens is 258 g/mol. The van der Waals surface area contributed by atoms with E-state index in [-0.39, 0.29) is 0 Å². The lowest BCUT2D eigenvalue weighted by molar-refractivity contribution is 0.501. The monoisotopic (exact) mass is 291 g/mol. The summed E-state index contributed by atoms with van der Waals surface area (Å²) in [5.74, 6) is 1.82. The normalized spacial score (nSPS) is 12.7. The number of nitrogens with one attached hydrogen (secondary N) is 1. The van der Waals surface area contributed by atoms with Gasteiger partial charge in [0, 0.05) is 25.3 Å². The van der Waals surface area contributed by atoms with Gasteiger partial charge < -0.3 is 10.2 Å². The summed E-state index contributed by atoms with van der Waals surface area (Å²) in [6.07, 6.45) is 3.39. The van der Waals surface area contributed by atoms with E-state index >= 15 is 0 Å². The average molecular weight is 291 g/mol. The summed E-state index contributed by atoms with van der Waals surface area (Å²) in [6.45, 7) is 13.1. The van der Waals surface area contributed by atoms with Crippen LogP contribution in [0.5, 0.6) is 0 Å². The van der Waals surface area contributed by atoms with Crippen LogP contribution in [0.4, 0.5) is 5.82 Å². The average Bonchev–Trinajstić information content (AvgIpc) is 2.43. The molecule has 1 aromatic rings. The van der Waals surface area contributed by atoms with E-state index in [9.17, 15) is 0 Å². The van der Waals surface area contributed by atoms with Crippen LogP contribution in [0.1, 0.15) is 58.7 Å². The summed E-state index contributed by atoms with van der Waals surface area (Å²) in [5, 5.41) is 3.42. The predicted octanol–water partition coefficient (Wildman–Crippen LogP) is 4.01. The van der Waals surface area contributed by atoms with E-state index < -0.39 is 0 Å². The van der Waals surface area contributed by atoms with Crippen LogP contribution >= 0.6 is 0 Å². The Labute approximate surface area is 131 Å². The third kappa shape index (κ3) is 6.04. The molecule has 1 aromatic heterocycles. The fourth-order valence-electron chi connectivity index (χ4n) is 2.64. The molecule has 1 N–H and O–H groups in total. The van der Waals surface area contributed by atoms with Crippen LogP contribution in [0.25, 0.3) is 0 Å². The number of pyridine rings is 1. The van der Waals surface area contributed by atoms with Crippen molar-refractivity contribution in [3.8, 4) is 0 Å². The molecule has 0 bridgehead atoms. The van der Waals surface area contributed by atoms with Crippen LogP contribution in [-0.2, 0) is 13.0 Å². The molecule has 120 valence electrons. The van der Waals surface area contributed by atoms with E-state index in [2.05, 4.69) is 64.0 Å². The minimum absolute atomic E-state index is 0.515. The molecule has 1 heterocycles. The highest BCUT2D eigenvalue weighted by atomic mass is 15.2. The molecule has 0 aliphatic heterocycles. The van der Waals surface area contributed by atoms with Crippen molar-refractivity contribution in [2.75, 3.05) is 18.5 Å². The highest BCUT2D eigenvalue weighted by molar-refractivity contribution is 5.43. The molecule has 0 aliphatic rings. The number of aryl methyl sites for hydroxylation is 1. The van der Waals surface area contributed by atoms with Crippen LogP contribution in [0.15, 0.2) is 12.1 Å². The molecule has 0 fully saturated rings. The molecule has 0 saturated carbocycles. The number of hydrogen-bond acceptors (Lipinski definition) is 3. The SMILES string of the molecule is CCCc1cc(CNCC)cc(N(C)C(C)CC(C)C)n1. The third-order valence-corrected chi connectivity index (χ3v) is 3.84. The molecule has 0 aliphatic carbocycles. The highest BCUT2D eigenvalue weighted by Crippen LogP contribution is 2.20. The number of hydrogen-bond donors (Lipinski definition) is 1. The molecule has 1 unspecified atom stereocenters. The quantitative estimate of drug-likeness (QED) is 0.745. The molecule has 0 aromatic carbocycles. The zero-order valence-corrected chi connectivity index (χ0v) is 14.7. The Bertz CT molecular complexity index is 415.